The lowest BCUT2D eigenvalue weighted by Crippen LogP contribution is -2.48. The summed E-state index contributed by atoms with van der Waals surface area (Å²) in [5.41, 5.74) is 1.74. The lowest BCUT2D eigenvalue weighted by atomic mass is 10.0. The Morgan fingerprint density at radius 1 is 0.962 bits per heavy atom. The molecule has 0 atom stereocenters. The van der Waals surface area contributed by atoms with E-state index in [4.69, 9.17) is 0 Å². The molecule has 4 heteroatoms. The molecule has 0 saturated carbocycles. The first-order valence-electron chi connectivity index (χ1n) is 9.36. The minimum atomic E-state index is 0.161. The van der Waals surface area contributed by atoms with Gasteiger partial charge in [-0.2, -0.15) is 0 Å². The molecule has 0 radical (unpaired) electrons. The maximum Gasteiger partial charge on any atom is 0.226 e. The van der Waals surface area contributed by atoms with Gasteiger partial charge in [-0.15, -0.1) is 0 Å². The van der Waals surface area contributed by atoms with E-state index in [9.17, 15) is 9.59 Å². The summed E-state index contributed by atoms with van der Waals surface area (Å²) >= 11 is 0. The Hall–Kier alpha value is -2.46. The predicted octanol–water partition coefficient (Wildman–Crippen LogP) is 3.78. The number of amides is 1. The average molecular weight is 350 g/mol. The van der Waals surface area contributed by atoms with Crippen LogP contribution in [0.25, 0.3) is 0 Å². The third kappa shape index (κ3) is 4.38. The van der Waals surface area contributed by atoms with E-state index in [1.165, 1.54) is 0 Å². The number of ketones is 1. The van der Waals surface area contributed by atoms with Crippen LogP contribution in [0, 0.1) is 0 Å². The van der Waals surface area contributed by atoms with Gasteiger partial charge in [0.25, 0.3) is 0 Å². The summed E-state index contributed by atoms with van der Waals surface area (Å²) in [6.45, 7) is 4.03. The molecule has 2 aromatic rings. The van der Waals surface area contributed by atoms with E-state index >= 15 is 0 Å². The molecule has 0 aliphatic carbocycles. The van der Waals surface area contributed by atoms with Gasteiger partial charge in [0.05, 0.1) is 6.54 Å². The summed E-state index contributed by atoms with van der Waals surface area (Å²) in [5, 5.41) is 0. The number of hydrogen-bond acceptors (Lipinski definition) is 3. The van der Waals surface area contributed by atoms with Crippen LogP contribution in [0.5, 0.6) is 0 Å². The molecular formula is C22H26N2O2. The second-order valence-electron chi connectivity index (χ2n) is 6.75. The number of likely N-dealkylation sites (tertiary alicyclic amines) is 1. The van der Waals surface area contributed by atoms with E-state index in [0.717, 1.165) is 37.2 Å². The normalized spacial score (nSPS) is 15.6. The molecule has 26 heavy (non-hydrogen) atoms. The summed E-state index contributed by atoms with van der Waals surface area (Å²) in [6.07, 6.45) is 2.28. The monoisotopic (exact) mass is 350 g/mol. The zero-order valence-electron chi connectivity index (χ0n) is 15.3. The van der Waals surface area contributed by atoms with Crippen LogP contribution in [0.15, 0.2) is 60.7 Å². The molecule has 136 valence electrons. The molecule has 2 aromatic carbocycles. The fourth-order valence-corrected chi connectivity index (χ4v) is 3.57. The van der Waals surface area contributed by atoms with Crippen LogP contribution in [0.3, 0.4) is 0 Å². The van der Waals surface area contributed by atoms with Crippen molar-refractivity contribution in [2.45, 2.75) is 32.2 Å². The predicted molar refractivity (Wildman–Crippen MR) is 104 cm³/mol. The van der Waals surface area contributed by atoms with Crippen molar-refractivity contribution in [2.75, 3.05) is 24.5 Å². The minimum absolute atomic E-state index is 0.161. The van der Waals surface area contributed by atoms with Crippen molar-refractivity contribution in [1.29, 1.82) is 0 Å². The average Bonchev–Trinajstić information content (AvgIpc) is 2.71. The van der Waals surface area contributed by atoms with Crippen molar-refractivity contribution >= 4 is 17.4 Å². The third-order valence-electron chi connectivity index (χ3n) is 4.99. The first-order chi connectivity index (χ1) is 12.7. The van der Waals surface area contributed by atoms with E-state index in [-0.39, 0.29) is 17.7 Å². The second-order valence-corrected chi connectivity index (χ2v) is 6.75. The Morgan fingerprint density at radius 2 is 1.54 bits per heavy atom. The van der Waals surface area contributed by atoms with Crippen LogP contribution in [0.1, 0.15) is 36.5 Å². The summed E-state index contributed by atoms with van der Waals surface area (Å²) < 4.78 is 0. The Labute approximate surface area is 155 Å². The first kappa shape index (κ1) is 18.3. The van der Waals surface area contributed by atoms with Crippen LogP contribution in [-0.4, -0.2) is 42.3 Å². The van der Waals surface area contributed by atoms with Gasteiger partial charge < -0.3 is 4.90 Å². The van der Waals surface area contributed by atoms with Crippen LogP contribution in [0.4, 0.5) is 5.69 Å². The van der Waals surface area contributed by atoms with Gasteiger partial charge in [-0.3, -0.25) is 14.5 Å². The van der Waals surface area contributed by atoms with Gasteiger partial charge in [-0.05, 0) is 25.0 Å². The van der Waals surface area contributed by atoms with Crippen LogP contribution < -0.4 is 4.90 Å². The SMILES string of the molecule is CCC(=O)N(c1ccccc1)C1CCN(CC(=O)c2ccccc2)CC1. The van der Waals surface area contributed by atoms with Crippen molar-refractivity contribution in [1.82, 2.24) is 4.90 Å². The number of benzene rings is 2. The highest BCUT2D eigenvalue weighted by atomic mass is 16.2. The van der Waals surface area contributed by atoms with Crippen molar-refractivity contribution in [3.05, 3.63) is 66.2 Å². The summed E-state index contributed by atoms with van der Waals surface area (Å²) in [5.74, 6) is 0.323. The molecule has 1 heterocycles. The molecule has 1 fully saturated rings. The van der Waals surface area contributed by atoms with Gasteiger partial charge in [-0.1, -0.05) is 55.5 Å². The Bertz CT molecular complexity index is 722. The van der Waals surface area contributed by atoms with Gasteiger partial charge in [0.15, 0.2) is 5.78 Å². The highest BCUT2D eigenvalue weighted by Gasteiger charge is 2.29. The Kier molecular flexibility index (Phi) is 6.18. The van der Waals surface area contributed by atoms with Crippen molar-refractivity contribution in [2.24, 2.45) is 0 Å². The smallest absolute Gasteiger partial charge is 0.226 e. The topological polar surface area (TPSA) is 40.6 Å². The highest BCUT2D eigenvalue weighted by molar-refractivity contribution is 5.97. The van der Waals surface area contributed by atoms with Gasteiger partial charge in [0.1, 0.15) is 0 Å². The summed E-state index contributed by atoms with van der Waals surface area (Å²) in [7, 11) is 0. The largest absolute Gasteiger partial charge is 0.309 e. The molecule has 0 spiro atoms. The molecule has 1 saturated heterocycles. The van der Waals surface area contributed by atoms with E-state index in [2.05, 4.69) is 4.90 Å². The zero-order chi connectivity index (χ0) is 18.4. The molecule has 1 amide bonds. The van der Waals surface area contributed by atoms with E-state index in [0.29, 0.717) is 13.0 Å². The molecule has 0 aromatic heterocycles. The number of nitrogens with zero attached hydrogens (tertiary/aromatic N) is 2. The lowest BCUT2D eigenvalue weighted by Gasteiger charge is -2.38. The Balaban J connectivity index is 1.61. The number of Topliss-reactive ketones (excluding diaryl/α,β-unsaturated/α-hetero) is 1. The van der Waals surface area contributed by atoms with Crippen LogP contribution in [0.2, 0.25) is 0 Å². The van der Waals surface area contributed by atoms with E-state index in [1.807, 2.05) is 72.5 Å². The number of rotatable bonds is 6. The Morgan fingerprint density at radius 3 is 2.12 bits per heavy atom. The number of carbonyl (C=O) groups is 2. The number of anilines is 1. The van der Waals surface area contributed by atoms with Gasteiger partial charge in [-0.25, -0.2) is 0 Å². The van der Waals surface area contributed by atoms with Gasteiger partial charge >= 0.3 is 0 Å². The molecule has 1 aliphatic heterocycles. The number of carbonyl (C=O) groups excluding carboxylic acids is 2. The third-order valence-corrected chi connectivity index (χ3v) is 4.99. The van der Waals surface area contributed by atoms with Gasteiger partial charge in [0, 0.05) is 36.8 Å². The molecule has 0 bridgehead atoms. The van der Waals surface area contributed by atoms with E-state index in [1.54, 1.807) is 0 Å². The summed E-state index contributed by atoms with van der Waals surface area (Å²) in [4.78, 5) is 29.1. The standard InChI is InChI=1S/C22H26N2O2/c1-2-22(26)24(19-11-7-4-8-12-19)20-13-15-23(16-14-20)17-21(25)18-9-5-3-6-10-18/h3-12,20H,2,13-17H2,1H3. The molecular weight excluding hydrogens is 324 g/mol. The van der Waals surface area contributed by atoms with Gasteiger partial charge in [0.2, 0.25) is 5.91 Å². The molecule has 0 N–H and O–H groups in total. The maximum atomic E-state index is 12.5. The molecule has 3 rings (SSSR count). The fourth-order valence-electron chi connectivity index (χ4n) is 3.57. The molecule has 1 aliphatic rings. The fraction of sp³-hybridized carbons (Fsp3) is 0.364. The lowest BCUT2D eigenvalue weighted by molar-refractivity contribution is -0.119. The highest BCUT2D eigenvalue weighted by Crippen LogP contribution is 2.24. The second kappa shape index (κ2) is 8.77. The quantitative estimate of drug-likeness (QED) is 0.745. The zero-order valence-corrected chi connectivity index (χ0v) is 15.3. The minimum Gasteiger partial charge on any atom is -0.309 e. The van der Waals surface area contributed by atoms with Crippen molar-refractivity contribution < 1.29 is 9.59 Å². The number of hydrogen-bond donors (Lipinski definition) is 0. The van der Waals surface area contributed by atoms with E-state index < -0.39 is 0 Å². The number of para-hydroxylation sites is 1. The summed E-state index contributed by atoms with van der Waals surface area (Å²) in [6, 6.07) is 19.6. The van der Waals surface area contributed by atoms with Crippen LogP contribution in [-0.2, 0) is 4.79 Å². The van der Waals surface area contributed by atoms with Crippen molar-refractivity contribution in [3.8, 4) is 0 Å². The maximum absolute atomic E-state index is 12.5. The van der Waals surface area contributed by atoms with Crippen LogP contribution >= 0.6 is 0 Å². The first-order valence-corrected chi connectivity index (χ1v) is 9.36. The molecule has 4 nitrogen and oxygen atoms in total. The number of piperidine rings is 1. The van der Waals surface area contributed by atoms with Crippen molar-refractivity contribution in [3.63, 3.8) is 0 Å². The molecule has 0 unspecified atom stereocenters.